The van der Waals surface area contributed by atoms with Crippen LogP contribution in [0.5, 0.6) is 11.5 Å². The lowest BCUT2D eigenvalue weighted by molar-refractivity contribution is 0.400. The van der Waals surface area contributed by atoms with Crippen LogP contribution >= 0.6 is 23.4 Å². The van der Waals surface area contributed by atoms with E-state index in [-0.39, 0.29) is 12.1 Å². The van der Waals surface area contributed by atoms with Gasteiger partial charge >= 0.3 is 0 Å². The Morgan fingerprint density at radius 1 is 1.13 bits per heavy atom. The summed E-state index contributed by atoms with van der Waals surface area (Å²) in [5, 5.41) is 1.61. The number of rotatable bonds is 7. The van der Waals surface area contributed by atoms with Crippen molar-refractivity contribution in [3.63, 3.8) is 0 Å². The molecule has 0 unspecified atom stereocenters. The van der Waals surface area contributed by atoms with Gasteiger partial charge in [-0.1, -0.05) is 23.4 Å². The maximum Gasteiger partial charge on any atom is 0.262 e. The van der Waals surface area contributed by atoms with Crippen LogP contribution in [0.4, 0.5) is 0 Å². The molecule has 4 aromatic rings. The van der Waals surface area contributed by atoms with Gasteiger partial charge in [0.2, 0.25) is 0 Å². The maximum absolute atomic E-state index is 13.2. The molecule has 30 heavy (non-hydrogen) atoms. The van der Waals surface area contributed by atoms with Gasteiger partial charge in [0.25, 0.3) is 5.56 Å². The molecule has 0 amide bonds. The van der Waals surface area contributed by atoms with Crippen molar-refractivity contribution in [3.05, 3.63) is 81.5 Å². The molecular weight excluding hydrogens is 424 g/mol. The first-order chi connectivity index (χ1) is 14.6. The third kappa shape index (κ3) is 4.17. The van der Waals surface area contributed by atoms with Crippen LogP contribution in [0.3, 0.4) is 0 Å². The van der Waals surface area contributed by atoms with Crippen molar-refractivity contribution >= 4 is 34.3 Å². The van der Waals surface area contributed by atoms with Gasteiger partial charge in [0.1, 0.15) is 17.3 Å². The van der Waals surface area contributed by atoms with E-state index in [2.05, 4.69) is 0 Å². The first-order valence-corrected chi connectivity index (χ1v) is 10.5. The molecule has 2 heterocycles. The van der Waals surface area contributed by atoms with Crippen LogP contribution in [0.1, 0.15) is 11.3 Å². The number of hydrogen-bond acceptors (Lipinski definition) is 6. The van der Waals surface area contributed by atoms with Gasteiger partial charge in [0.15, 0.2) is 5.16 Å². The molecule has 0 radical (unpaired) electrons. The number of halogens is 1. The summed E-state index contributed by atoms with van der Waals surface area (Å²) in [5.41, 5.74) is 1.35. The normalized spacial score (nSPS) is 11.0. The number of nitrogens with zero attached hydrogens (tertiary/aromatic N) is 2. The molecule has 0 saturated carbocycles. The molecule has 0 N–H and O–H groups in total. The standard InChI is InChI=1S/C22H19ClN2O4S/c1-27-16-6-8-20(28-2)14(10-16)13-30-22-24-19-11-15(23)5-7-18(19)21(26)25(22)12-17-4-3-9-29-17/h3-11H,12-13H2,1-2H3. The zero-order chi connectivity index (χ0) is 21.1. The SMILES string of the molecule is COc1ccc(OC)c(CSc2nc3cc(Cl)ccc3c(=O)n2Cc2ccco2)c1. The van der Waals surface area contributed by atoms with Crippen LogP contribution in [0.15, 0.2) is 69.2 Å². The van der Waals surface area contributed by atoms with Crippen LogP contribution in [0.25, 0.3) is 10.9 Å². The minimum atomic E-state index is -0.145. The fraction of sp³-hybridized carbons (Fsp3) is 0.182. The molecule has 8 heteroatoms. The first-order valence-electron chi connectivity index (χ1n) is 9.15. The topological polar surface area (TPSA) is 66.5 Å². The van der Waals surface area contributed by atoms with E-state index in [1.807, 2.05) is 24.3 Å². The third-order valence-electron chi connectivity index (χ3n) is 4.62. The molecule has 6 nitrogen and oxygen atoms in total. The van der Waals surface area contributed by atoms with E-state index in [9.17, 15) is 4.79 Å². The average molecular weight is 443 g/mol. The summed E-state index contributed by atoms with van der Waals surface area (Å²) in [5.74, 6) is 2.69. The number of thioether (sulfide) groups is 1. The molecule has 2 aromatic carbocycles. The molecule has 0 aliphatic heterocycles. The summed E-state index contributed by atoms with van der Waals surface area (Å²) in [7, 11) is 3.24. The van der Waals surface area contributed by atoms with Gasteiger partial charge in [-0.3, -0.25) is 9.36 Å². The molecule has 0 bridgehead atoms. The Kier molecular flexibility index (Phi) is 6.01. The molecule has 0 aliphatic rings. The van der Waals surface area contributed by atoms with Crippen molar-refractivity contribution in [2.75, 3.05) is 14.2 Å². The Morgan fingerprint density at radius 3 is 2.73 bits per heavy atom. The highest BCUT2D eigenvalue weighted by Crippen LogP contribution is 2.31. The Hall–Kier alpha value is -2.90. The van der Waals surface area contributed by atoms with E-state index >= 15 is 0 Å². The van der Waals surface area contributed by atoms with Gasteiger partial charge in [-0.2, -0.15) is 0 Å². The largest absolute Gasteiger partial charge is 0.497 e. The van der Waals surface area contributed by atoms with Crippen molar-refractivity contribution in [2.45, 2.75) is 17.5 Å². The zero-order valence-corrected chi connectivity index (χ0v) is 18.0. The van der Waals surface area contributed by atoms with Crippen LogP contribution < -0.4 is 15.0 Å². The molecule has 0 aliphatic carbocycles. The monoisotopic (exact) mass is 442 g/mol. The van der Waals surface area contributed by atoms with E-state index < -0.39 is 0 Å². The summed E-state index contributed by atoms with van der Waals surface area (Å²) in [4.78, 5) is 17.9. The summed E-state index contributed by atoms with van der Waals surface area (Å²) in [6.45, 7) is 0.287. The Bertz CT molecular complexity index is 1240. The molecule has 0 saturated heterocycles. The highest BCUT2D eigenvalue weighted by molar-refractivity contribution is 7.98. The van der Waals surface area contributed by atoms with Gasteiger partial charge in [-0.25, -0.2) is 4.98 Å². The molecular formula is C22H19ClN2O4S. The minimum absolute atomic E-state index is 0.145. The molecule has 0 atom stereocenters. The van der Waals surface area contributed by atoms with Crippen LogP contribution in [-0.4, -0.2) is 23.8 Å². The third-order valence-corrected chi connectivity index (χ3v) is 5.88. The van der Waals surface area contributed by atoms with Crippen molar-refractivity contribution in [1.82, 2.24) is 9.55 Å². The number of hydrogen-bond donors (Lipinski definition) is 0. The molecule has 2 aromatic heterocycles. The summed E-state index contributed by atoms with van der Waals surface area (Å²) >= 11 is 7.56. The van der Waals surface area contributed by atoms with Crippen LogP contribution in [0, 0.1) is 0 Å². The Labute approximate surface area is 182 Å². The number of methoxy groups -OCH3 is 2. The minimum Gasteiger partial charge on any atom is -0.497 e. The Morgan fingerprint density at radius 2 is 2.00 bits per heavy atom. The van der Waals surface area contributed by atoms with Gasteiger partial charge in [0.05, 0.1) is 37.9 Å². The zero-order valence-electron chi connectivity index (χ0n) is 16.4. The van der Waals surface area contributed by atoms with Gasteiger partial charge in [0, 0.05) is 16.3 Å². The van der Waals surface area contributed by atoms with Crippen LogP contribution in [-0.2, 0) is 12.3 Å². The summed E-state index contributed by atoms with van der Waals surface area (Å²) in [6, 6.07) is 14.3. The van der Waals surface area contributed by atoms with E-state index in [0.717, 1.165) is 17.1 Å². The number of fused-ring (bicyclic) bond motifs is 1. The van der Waals surface area contributed by atoms with Gasteiger partial charge < -0.3 is 13.9 Å². The molecule has 0 spiro atoms. The number of furan rings is 1. The quantitative estimate of drug-likeness (QED) is 0.296. The van der Waals surface area contributed by atoms with E-state index in [0.29, 0.717) is 32.6 Å². The summed E-state index contributed by atoms with van der Waals surface area (Å²) in [6.07, 6.45) is 1.59. The summed E-state index contributed by atoms with van der Waals surface area (Å²) < 4.78 is 17.9. The highest BCUT2D eigenvalue weighted by atomic mass is 35.5. The second-order valence-electron chi connectivity index (χ2n) is 6.49. The number of benzene rings is 2. The van der Waals surface area contributed by atoms with Crippen molar-refractivity contribution in [1.29, 1.82) is 0 Å². The van der Waals surface area contributed by atoms with E-state index in [4.69, 9.17) is 30.5 Å². The van der Waals surface area contributed by atoms with E-state index in [1.165, 1.54) is 11.8 Å². The average Bonchev–Trinajstić information content (AvgIpc) is 3.27. The number of ether oxygens (including phenoxy) is 2. The van der Waals surface area contributed by atoms with Crippen molar-refractivity contribution in [2.24, 2.45) is 0 Å². The lowest BCUT2D eigenvalue weighted by atomic mass is 10.2. The second-order valence-corrected chi connectivity index (χ2v) is 7.87. The highest BCUT2D eigenvalue weighted by Gasteiger charge is 2.15. The maximum atomic E-state index is 13.2. The van der Waals surface area contributed by atoms with Crippen LogP contribution in [0.2, 0.25) is 5.02 Å². The molecule has 0 fully saturated rings. The fourth-order valence-electron chi connectivity index (χ4n) is 3.12. The predicted molar refractivity (Wildman–Crippen MR) is 118 cm³/mol. The smallest absolute Gasteiger partial charge is 0.262 e. The van der Waals surface area contributed by atoms with Gasteiger partial charge in [-0.05, 0) is 48.5 Å². The first kappa shape index (κ1) is 20.4. The number of aromatic nitrogens is 2. The van der Waals surface area contributed by atoms with Gasteiger partial charge in [-0.15, -0.1) is 0 Å². The lowest BCUT2D eigenvalue weighted by Gasteiger charge is -2.14. The predicted octanol–water partition coefficient (Wildman–Crippen LogP) is 5.00. The van der Waals surface area contributed by atoms with Crippen molar-refractivity contribution in [3.8, 4) is 11.5 Å². The lowest BCUT2D eigenvalue weighted by Crippen LogP contribution is -2.23. The van der Waals surface area contributed by atoms with E-state index in [1.54, 1.807) is 49.3 Å². The van der Waals surface area contributed by atoms with Crippen molar-refractivity contribution < 1.29 is 13.9 Å². The molecule has 4 rings (SSSR count). The molecule has 154 valence electrons. The second kappa shape index (κ2) is 8.85. The fourth-order valence-corrected chi connectivity index (χ4v) is 4.26. The Balaban J connectivity index is 1.76.